The first-order valence-corrected chi connectivity index (χ1v) is 8.61. The standard InChI is InChI=1S/C18H16ClN5O2/c19-13-1-2-14-11(4-6-26-16(14)8-13)7-18(25)22-17-9-15(23-24-17)12-3-5-20-21-10-12/h1-3,5,8-11H,4,6-7H2,(H2,22,23,24,25)/t11-/m1/s1. The van der Waals surface area contributed by atoms with Gasteiger partial charge in [-0.2, -0.15) is 15.3 Å². The highest BCUT2D eigenvalue weighted by Crippen LogP contribution is 2.37. The van der Waals surface area contributed by atoms with E-state index in [9.17, 15) is 4.79 Å². The summed E-state index contributed by atoms with van der Waals surface area (Å²) in [6.45, 7) is 0.576. The lowest BCUT2D eigenvalue weighted by atomic mass is 9.90. The van der Waals surface area contributed by atoms with Gasteiger partial charge in [-0.25, -0.2) is 0 Å². The summed E-state index contributed by atoms with van der Waals surface area (Å²) in [6, 6.07) is 9.13. The van der Waals surface area contributed by atoms with Gasteiger partial charge in [0.1, 0.15) is 5.75 Å². The number of anilines is 1. The summed E-state index contributed by atoms with van der Waals surface area (Å²) in [4.78, 5) is 12.4. The van der Waals surface area contributed by atoms with Crippen LogP contribution in [0.5, 0.6) is 5.75 Å². The third kappa shape index (κ3) is 3.52. The number of fused-ring (bicyclic) bond motifs is 1. The van der Waals surface area contributed by atoms with E-state index in [0.29, 0.717) is 23.9 Å². The molecule has 0 spiro atoms. The van der Waals surface area contributed by atoms with Crippen molar-refractivity contribution in [1.29, 1.82) is 0 Å². The Morgan fingerprint density at radius 2 is 2.23 bits per heavy atom. The third-order valence-corrected chi connectivity index (χ3v) is 4.55. The van der Waals surface area contributed by atoms with Gasteiger partial charge in [-0.15, -0.1) is 0 Å². The number of carbonyl (C=O) groups is 1. The number of hydrogen-bond acceptors (Lipinski definition) is 5. The number of ether oxygens (including phenoxy) is 1. The number of carbonyl (C=O) groups excluding carboxylic acids is 1. The molecule has 132 valence electrons. The summed E-state index contributed by atoms with van der Waals surface area (Å²) < 4.78 is 5.64. The van der Waals surface area contributed by atoms with Crippen molar-refractivity contribution in [3.8, 4) is 17.0 Å². The maximum absolute atomic E-state index is 12.4. The summed E-state index contributed by atoms with van der Waals surface area (Å²) in [7, 11) is 0. The van der Waals surface area contributed by atoms with E-state index in [-0.39, 0.29) is 11.8 Å². The maximum atomic E-state index is 12.4. The van der Waals surface area contributed by atoms with Crippen molar-refractivity contribution in [3.05, 3.63) is 53.3 Å². The Balaban J connectivity index is 1.43. The number of benzene rings is 1. The minimum absolute atomic E-state index is 0.0938. The van der Waals surface area contributed by atoms with E-state index in [2.05, 4.69) is 25.7 Å². The first kappa shape index (κ1) is 16.5. The predicted molar refractivity (Wildman–Crippen MR) is 97.2 cm³/mol. The predicted octanol–water partition coefficient (Wildman–Crippen LogP) is 3.42. The van der Waals surface area contributed by atoms with E-state index < -0.39 is 0 Å². The number of nitrogens with zero attached hydrogens (tertiary/aromatic N) is 3. The number of nitrogens with one attached hydrogen (secondary N) is 2. The van der Waals surface area contributed by atoms with Crippen LogP contribution in [0, 0.1) is 0 Å². The van der Waals surface area contributed by atoms with E-state index in [1.54, 1.807) is 24.5 Å². The van der Waals surface area contributed by atoms with Crippen molar-refractivity contribution in [1.82, 2.24) is 20.4 Å². The topological polar surface area (TPSA) is 92.8 Å². The van der Waals surface area contributed by atoms with Crippen molar-refractivity contribution in [2.24, 2.45) is 0 Å². The lowest BCUT2D eigenvalue weighted by molar-refractivity contribution is -0.116. The van der Waals surface area contributed by atoms with Crippen molar-refractivity contribution in [2.75, 3.05) is 11.9 Å². The average molecular weight is 370 g/mol. The fraction of sp³-hybridized carbons (Fsp3) is 0.222. The van der Waals surface area contributed by atoms with Crippen molar-refractivity contribution < 1.29 is 9.53 Å². The van der Waals surface area contributed by atoms with Crippen LogP contribution in [0.3, 0.4) is 0 Å². The maximum Gasteiger partial charge on any atom is 0.226 e. The second-order valence-corrected chi connectivity index (χ2v) is 6.50. The molecule has 1 aromatic carbocycles. The zero-order valence-corrected chi connectivity index (χ0v) is 14.5. The molecule has 1 amide bonds. The Hall–Kier alpha value is -2.93. The smallest absolute Gasteiger partial charge is 0.226 e. The molecule has 4 rings (SSSR count). The summed E-state index contributed by atoms with van der Waals surface area (Å²) in [5, 5.41) is 18.1. The Morgan fingerprint density at radius 3 is 3.08 bits per heavy atom. The second-order valence-electron chi connectivity index (χ2n) is 6.07. The molecule has 1 aliphatic rings. The van der Waals surface area contributed by atoms with Gasteiger partial charge in [-0.1, -0.05) is 17.7 Å². The Morgan fingerprint density at radius 1 is 1.31 bits per heavy atom. The average Bonchev–Trinajstić information content (AvgIpc) is 3.11. The number of hydrogen-bond donors (Lipinski definition) is 2. The lowest BCUT2D eigenvalue weighted by Crippen LogP contribution is -2.20. The highest BCUT2D eigenvalue weighted by atomic mass is 35.5. The Labute approximate surface area is 154 Å². The van der Waals surface area contributed by atoms with Gasteiger partial charge >= 0.3 is 0 Å². The van der Waals surface area contributed by atoms with Gasteiger partial charge in [0, 0.05) is 23.1 Å². The van der Waals surface area contributed by atoms with Gasteiger partial charge in [0.05, 0.1) is 24.7 Å². The zero-order chi connectivity index (χ0) is 17.9. The fourth-order valence-corrected chi connectivity index (χ4v) is 3.21. The molecule has 0 fully saturated rings. The molecule has 3 aromatic rings. The quantitative estimate of drug-likeness (QED) is 0.735. The molecule has 0 saturated heterocycles. The monoisotopic (exact) mass is 369 g/mol. The van der Waals surface area contributed by atoms with Crippen molar-refractivity contribution in [2.45, 2.75) is 18.8 Å². The molecule has 8 heteroatoms. The fourth-order valence-electron chi connectivity index (χ4n) is 3.05. The summed E-state index contributed by atoms with van der Waals surface area (Å²) >= 11 is 6.01. The number of halogens is 1. The van der Waals surface area contributed by atoms with E-state index >= 15 is 0 Å². The number of rotatable bonds is 4. The molecule has 1 aliphatic heterocycles. The van der Waals surface area contributed by atoms with Gasteiger partial charge in [-0.3, -0.25) is 9.89 Å². The number of H-pyrrole nitrogens is 1. The SMILES string of the molecule is O=C(C[C@H]1CCOc2cc(Cl)ccc21)Nc1cc(-c2ccnnc2)[nH]n1. The van der Waals surface area contributed by atoms with E-state index in [1.807, 2.05) is 18.2 Å². The van der Waals surface area contributed by atoms with Crippen LogP contribution in [0.2, 0.25) is 5.02 Å². The lowest BCUT2D eigenvalue weighted by Gasteiger charge is -2.25. The van der Waals surface area contributed by atoms with Crippen LogP contribution in [-0.4, -0.2) is 32.9 Å². The van der Waals surface area contributed by atoms with E-state index in [0.717, 1.165) is 29.0 Å². The van der Waals surface area contributed by atoms with E-state index in [1.165, 1.54) is 0 Å². The molecule has 1 atom stereocenters. The molecule has 0 unspecified atom stereocenters. The van der Waals surface area contributed by atoms with Gasteiger partial charge in [-0.05, 0) is 36.1 Å². The minimum atomic E-state index is -0.0938. The molecule has 2 N–H and O–H groups in total. The molecule has 3 heterocycles. The van der Waals surface area contributed by atoms with Crippen molar-refractivity contribution >= 4 is 23.3 Å². The van der Waals surface area contributed by atoms with Crippen LogP contribution in [-0.2, 0) is 4.79 Å². The minimum Gasteiger partial charge on any atom is -0.493 e. The normalized spacial score (nSPS) is 15.8. The Bertz CT molecular complexity index is 928. The molecule has 0 radical (unpaired) electrons. The van der Waals surface area contributed by atoms with Crippen LogP contribution in [0.4, 0.5) is 5.82 Å². The van der Waals surface area contributed by atoms with Gasteiger partial charge in [0.15, 0.2) is 5.82 Å². The van der Waals surface area contributed by atoms with Gasteiger partial charge in [0.2, 0.25) is 5.91 Å². The molecule has 2 aromatic heterocycles. The highest BCUT2D eigenvalue weighted by molar-refractivity contribution is 6.30. The third-order valence-electron chi connectivity index (χ3n) is 4.31. The van der Waals surface area contributed by atoms with Crippen molar-refractivity contribution in [3.63, 3.8) is 0 Å². The van der Waals surface area contributed by atoms with Gasteiger partial charge in [0.25, 0.3) is 0 Å². The second kappa shape index (κ2) is 7.13. The molecule has 0 saturated carbocycles. The molecular formula is C18H16ClN5O2. The zero-order valence-electron chi connectivity index (χ0n) is 13.8. The van der Waals surface area contributed by atoms with Crippen LogP contribution in [0.1, 0.15) is 24.3 Å². The van der Waals surface area contributed by atoms with Crippen LogP contribution >= 0.6 is 11.6 Å². The molecular weight excluding hydrogens is 354 g/mol. The number of aromatic amines is 1. The Kier molecular flexibility index (Phi) is 4.53. The molecule has 0 bridgehead atoms. The molecule has 26 heavy (non-hydrogen) atoms. The van der Waals surface area contributed by atoms with Crippen LogP contribution in [0.15, 0.2) is 42.7 Å². The summed E-state index contributed by atoms with van der Waals surface area (Å²) in [6.07, 6.45) is 4.38. The first-order valence-electron chi connectivity index (χ1n) is 8.23. The number of aromatic nitrogens is 4. The number of amides is 1. The van der Waals surface area contributed by atoms with Crippen LogP contribution < -0.4 is 10.1 Å². The van der Waals surface area contributed by atoms with E-state index in [4.69, 9.17) is 16.3 Å². The van der Waals surface area contributed by atoms with Gasteiger partial charge < -0.3 is 10.1 Å². The largest absolute Gasteiger partial charge is 0.493 e. The highest BCUT2D eigenvalue weighted by Gasteiger charge is 2.24. The summed E-state index contributed by atoms with van der Waals surface area (Å²) in [5.41, 5.74) is 2.63. The first-order chi connectivity index (χ1) is 12.7. The molecule has 0 aliphatic carbocycles. The van der Waals surface area contributed by atoms with Crippen LogP contribution in [0.25, 0.3) is 11.3 Å². The molecule has 7 nitrogen and oxygen atoms in total. The summed E-state index contributed by atoms with van der Waals surface area (Å²) in [5.74, 6) is 1.24.